The number of hydrogen-bond donors (Lipinski definition) is 1. The molecule has 0 bridgehead atoms. The highest BCUT2D eigenvalue weighted by Crippen LogP contribution is 2.20. The number of aryl methyl sites for hydroxylation is 2. The summed E-state index contributed by atoms with van der Waals surface area (Å²) in [5.74, 6) is 0.869. The number of imidazole rings is 2. The molecule has 0 atom stereocenters. The molecule has 17 heavy (non-hydrogen) atoms. The second kappa shape index (κ2) is 3.73. The second-order valence-corrected chi connectivity index (χ2v) is 4.18. The van der Waals surface area contributed by atoms with Crippen molar-refractivity contribution >= 4 is 11.0 Å². The minimum absolute atomic E-state index is 0.869. The summed E-state index contributed by atoms with van der Waals surface area (Å²) in [6.45, 7) is 2.15. The molecule has 2 heterocycles. The van der Waals surface area contributed by atoms with E-state index in [1.54, 1.807) is 6.33 Å². The molecule has 2 aromatic heterocycles. The van der Waals surface area contributed by atoms with E-state index >= 15 is 0 Å². The van der Waals surface area contributed by atoms with Gasteiger partial charge in [-0.05, 0) is 24.1 Å². The lowest BCUT2D eigenvalue weighted by molar-refractivity contribution is 0.913. The molecular weight excluding hydrogens is 212 g/mol. The smallest absolute Gasteiger partial charge is 0.156 e. The fourth-order valence-corrected chi connectivity index (χ4v) is 1.98. The van der Waals surface area contributed by atoms with Gasteiger partial charge in [0.15, 0.2) is 5.82 Å². The summed E-state index contributed by atoms with van der Waals surface area (Å²) in [4.78, 5) is 12.0. The van der Waals surface area contributed by atoms with Crippen LogP contribution in [0, 0.1) is 0 Å². The minimum atomic E-state index is 0.869. The number of nitrogens with zero attached hydrogens (tertiary/aromatic N) is 3. The lowest BCUT2D eigenvalue weighted by atomic mass is 10.1. The van der Waals surface area contributed by atoms with Crippen molar-refractivity contribution in [1.29, 1.82) is 0 Å². The van der Waals surface area contributed by atoms with Gasteiger partial charge in [-0.25, -0.2) is 9.97 Å². The molecule has 3 rings (SSSR count). The van der Waals surface area contributed by atoms with Gasteiger partial charge in [-0.15, -0.1) is 0 Å². The number of fused-ring (bicyclic) bond motifs is 1. The van der Waals surface area contributed by atoms with Crippen molar-refractivity contribution in [3.8, 4) is 11.5 Å². The van der Waals surface area contributed by atoms with Crippen molar-refractivity contribution in [3.63, 3.8) is 0 Å². The fraction of sp³-hybridized carbons (Fsp3) is 0.231. The van der Waals surface area contributed by atoms with Crippen molar-refractivity contribution in [2.24, 2.45) is 7.05 Å². The van der Waals surface area contributed by atoms with Gasteiger partial charge < -0.3 is 9.55 Å². The van der Waals surface area contributed by atoms with E-state index in [2.05, 4.69) is 40.1 Å². The van der Waals surface area contributed by atoms with Crippen molar-refractivity contribution in [2.45, 2.75) is 13.3 Å². The molecule has 0 amide bonds. The van der Waals surface area contributed by atoms with E-state index in [0.29, 0.717) is 0 Å². The molecule has 0 aliphatic carbocycles. The Morgan fingerprint density at radius 3 is 2.94 bits per heavy atom. The van der Waals surface area contributed by atoms with E-state index in [1.165, 1.54) is 5.56 Å². The molecule has 0 radical (unpaired) electrons. The van der Waals surface area contributed by atoms with E-state index in [1.807, 2.05) is 17.8 Å². The van der Waals surface area contributed by atoms with Gasteiger partial charge in [-0.3, -0.25) is 0 Å². The molecule has 4 heteroatoms. The Bertz CT molecular complexity index is 663. The lowest BCUT2D eigenvalue weighted by Gasteiger charge is -1.95. The number of rotatable bonds is 2. The first-order valence-corrected chi connectivity index (χ1v) is 5.73. The van der Waals surface area contributed by atoms with Crippen LogP contribution >= 0.6 is 0 Å². The standard InChI is InChI=1S/C13H14N4/c1-3-9-4-5-10-11(6-9)16-13(15-10)12-7-14-8-17(12)2/h4-8H,3H2,1-2H3,(H,15,16). The predicted molar refractivity (Wildman–Crippen MR) is 67.7 cm³/mol. The number of hydrogen-bond acceptors (Lipinski definition) is 2. The molecule has 0 saturated heterocycles. The maximum Gasteiger partial charge on any atom is 0.156 e. The molecule has 0 aliphatic rings. The molecule has 0 aliphatic heterocycles. The monoisotopic (exact) mass is 226 g/mol. The Hall–Kier alpha value is -2.10. The maximum atomic E-state index is 4.58. The van der Waals surface area contributed by atoms with Gasteiger partial charge in [0.1, 0.15) is 5.69 Å². The molecule has 3 aromatic rings. The highest BCUT2D eigenvalue weighted by molar-refractivity contribution is 5.79. The summed E-state index contributed by atoms with van der Waals surface area (Å²) >= 11 is 0. The van der Waals surface area contributed by atoms with Crippen molar-refractivity contribution in [1.82, 2.24) is 19.5 Å². The highest BCUT2D eigenvalue weighted by Gasteiger charge is 2.08. The predicted octanol–water partition coefficient (Wildman–Crippen LogP) is 2.53. The average molecular weight is 226 g/mol. The SMILES string of the molecule is CCc1ccc2nc(-c3cncn3C)[nH]c2c1. The Morgan fingerprint density at radius 2 is 2.24 bits per heavy atom. The third kappa shape index (κ3) is 1.62. The molecule has 4 nitrogen and oxygen atoms in total. The maximum absolute atomic E-state index is 4.58. The molecule has 1 aromatic carbocycles. The van der Waals surface area contributed by atoms with Gasteiger partial charge in [0.25, 0.3) is 0 Å². The number of aromatic amines is 1. The molecule has 86 valence electrons. The van der Waals surface area contributed by atoms with Gasteiger partial charge in [0.2, 0.25) is 0 Å². The Labute approximate surface area is 99.3 Å². The summed E-state index contributed by atoms with van der Waals surface area (Å²) in [6, 6.07) is 6.34. The molecule has 0 spiro atoms. The van der Waals surface area contributed by atoms with Crippen molar-refractivity contribution in [2.75, 3.05) is 0 Å². The van der Waals surface area contributed by atoms with E-state index < -0.39 is 0 Å². The third-order valence-electron chi connectivity index (χ3n) is 3.01. The zero-order valence-corrected chi connectivity index (χ0v) is 9.94. The molecule has 1 N–H and O–H groups in total. The largest absolute Gasteiger partial charge is 0.337 e. The van der Waals surface area contributed by atoms with E-state index in [9.17, 15) is 0 Å². The van der Waals surface area contributed by atoms with Gasteiger partial charge in [-0.1, -0.05) is 13.0 Å². The van der Waals surface area contributed by atoms with Gasteiger partial charge in [0, 0.05) is 7.05 Å². The molecule has 0 fully saturated rings. The van der Waals surface area contributed by atoms with Crippen LogP contribution < -0.4 is 0 Å². The van der Waals surface area contributed by atoms with Crippen LogP contribution in [0.5, 0.6) is 0 Å². The number of aromatic nitrogens is 4. The Balaban J connectivity index is 2.17. The van der Waals surface area contributed by atoms with Crippen molar-refractivity contribution in [3.05, 3.63) is 36.3 Å². The normalized spacial score (nSPS) is 11.2. The van der Waals surface area contributed by atoms with Crippen LogP contribution in [-0.2, 0) is 13.5 Å². The molecule has 0 saturated carbocycles. The topological polar surface area (TPSA) is 46.5 Å². The first-order chi connectivity index (χ1) is 8.28. The summed E-state index contributed by atoms with van der Waals surface area (Å²) < 4.78 is 1.96. The zero-order chi connectivity index (χ0) is 11.8. The average Bonchev–Trinajstić information content (AvgIpc) is 2.93. The van der Waals surface area contributed by atoms with Crippen LogP contribution in [0.3, 0.4) is 0 Å². The fourth-order valence-electron chi connectivity index (χ4n) is 1.98. The third-order valence-corrected chi connectivity index (χ3v) is 3.01. The summed E-state index contributed by atoms with van der Waals surface area (Å²) in [6.07, 6.45) is 4.63. The number of nitrogens with one attached hydrogen (secondary N) is 1. The van der Waals surface area contributed by atoms with E-state index in [4.69, 9.17) is 0 Å². The molecular formula is C13H14N4. The van der Waals surface area contributed by atoms with Crippen LogP contribution in [0.4, 0.5) is 0 Å². The quantitative estimate of drug-likeness (QED) is 0.729. The minimum Gasteiger partial charge on any atom is -0.337 e. The van der Waals surface area contributed by atoms with E-state index in [0.717, 1.165) is 29.0 Å². The van der Waals surface area contributed by atoms with Crippen molar-refractivity contribution < 1.29 is 0 Å². The molecule has 0 unspecified atom stereocenters. The summed E-state index contributed by atoms with van der Waals surface area (Å²) in [5, 5.41) is 0. The number of benzene rings is 1. The van der Waals surface area contributed by atoms with Crippen LogP contribution in [0.25, 0.3) is 22.6 Å². The van der Waals surface area contributed by atoms with E-state index in [-0.39, 0.29) is 0 Å². The first-order valence-electron chi connectivity index (χ1n) is 5.73. The second-order valence-electron chi connectivity index (χ2n) is 4.18. The Morgan fingerprint density at radius 1 is 1.35 bits per heavy atom. The van der Waals surface area contributed by atoms with Gasteiger partial charge >= 0.3 is 0 Å². The van der Waals surface area contributed by atoms with Crippen LogP contribution in [0.1, 0.15) is 12.5 Å². The number of H-pyrrole nitrogens is 1. The first kappa shape index (κ1) is 10.1. The van der Waals surface area contributed by atoms with Gasteiger partial charge in [0.05, 0.1) is 23.6 Å². The Kier molecular flexibility index (Phi) is 2.21. The van der Waals surface area contributed by atoms with Crippen LogP contribution in [0.2, 0.25) is 0 Å². The summed E-state index contributed by atoms with van der Waals surface area (Å²) in [7, 11) is 1.97. The lowest BCUT2D eigenvalue weighted by Crippen LogP contribution is -1.90. The zero-order valence-electron chi connectivity index (χ0n) is 9.94. The highest BCUT2D eigenvalue weighted by atomic mass is 15.1. The van der Waals surface area contributed by atoms with Crippen LogP contribution in [0.15, 0.2) is 30.7 Å². The van der Waals surface area contributed by atoms with Gasteiger partial charge in [-0.2, -0.15) is 0 Å². The van der Waals surface area contributed by atoms with Crippen LogP contribution in [-0.4, -0.2) is 19.5 Å². The summed E-state index contributed by atoms with van der Waals surface area (Å²) in [5.41, 5.74) is 4.40.